The molecule has 10 heteroatoms. The third kappa shape index (κ3) is 4.56. The Hall–Kier alpha value is -3.79. The van der Waals surface area contributed by atoms with E-state index in [1.165, 1.54) is 0 Å². The van der Waals surface area contributed by atoms with E-state index in [9.17, 15) is 13.2 Å². The number of methoxy groups -OCH3 is 1. The van der Waals surface area contributed by atoms with Crippen LogP contribution in [0.1, 0.15) is 48.5 Å². The van der Waals surface area contributed by atoms with Crippen molar-refractivity contribution < 1.29 is 27.5 Å². The first-order valence-corrected chi connectivity index (χ1v) is 13.0. The second-order valence-electron chi connectivity index (χ2n) is 10.2. The molecule has 0 radical (unpaired) electrons. The molecule has 2 fully saturated rings. The van der Waals surface area contributed by atoms with Crippen molar-refractivity contribution in [1.29, 1.82) is 0 Å². The lowest BCUT2D eigenvalue weighted by Gasteiger charge is -2.51. The monoisotopic (exact) mass is 538 g/mol. The van der Waals surface area contributed by atoms with Gasteiger partial charge in [0.05, 0.1) is 31.4 Å². The van der Waals surface area contributed by atoms with E-state index in [1.807, 2.05) is 46.9 Å². The summed E-state index contributed by atoms with van der Waals surface area (Å²) in [7, 11) is 1.62. The molecule has 0 amide bonds. The van der Waals surface area contributed by atoms with Gasteiger partial charge in [0.15, 0.2) is 28.9 Å². The maximum absolute atomic E-state index is 14.4. The van der Waals surface area contributed by atoms with Gasteiger partial charge in [-0.15, -0.1) is 0 Å². The average molecular weight is 539 g/mol. The summed E-state index contributed by atoms with van der Waals surface area (Å²) in [6, 6.07) is 7.42. The van der Waals surface area contributed by atoms with Crippen molar-refractivity contribution >= 4 is 11.9 Å². The molecule has 1 spiro atoms. The molecule has 3 aliphatic rings. The summed E-state index contributed by atoms with van der Waals surface area (Å²) in [6.45, 7) is 3.32. The largest absolute Gasteiger partial charge is 0.495 e. The number of amidine groups is 1. The molecule has 2 aromatic carbocycles. The maximum Gasteiger partial charge on any atom is 0.194 e. The van der Waals surface area contributed by atoms with Gasteiger partial charge in [0.2, 0.25) is 0 Å². The van der Waals surface area contributed by atoms with Crippen molar-refractivity contribution in [2.24, 2.45) is 5.16 Å². The minimum absolute atomic E-state index is 0.219. The highest BCUT2D eigenvalue weighted by Crippen LogP contribution is 2.46. The molecule has 3 aliphatic heterocycles. The van der Waals surface area contributed by atoms with E-state index >= 15 is 0 Å². The molecule has 1 aromatic heterocycles. The number of imidazole rings is 1. The van der Waals surface area contributed by atoms with E-state index < -0.39 is 29.1 Å². The molecule has 0 saturated carbocycles. The van der Waals surface area contributed by atoms with Gasteiger partial charge in [-0.1, -0.05) is 11.2 Å². The molecule has 0 N–H and O–H groups in total. The van der Waals surface area contributed by atoms with Gasteiger partial charge in [-0.3, -0.25) is 0 Å². The summed E-state index contributed by atoms with van der Waals surface area (Å²) < 4.78 is 56.0. The summed E-state index contributed by atoms with van der Waals surface area (Å²) in [6.07, 6.45) is 8.54. The number of fused-ring (bicyclic) bond motifs is 1. The van der Waals surface area contributed by atoms with E-state index in [-0.39, 0.29) is 6.61 Å². The quantitative estimate of drug-likeness (QED) is 0.398. The van der Waals surface area contributed by atoms with Crippen molar-refractivity contribution in [2.75, 3.05) is 26.9 Å². The van der Waals surface area contributed by atoms with Crippen LogP contribution in [0.25, 0.3) is 11.8 Å². The standard InChI is InChI=1S/C29H29F3N4O3/c1-18-15-35(17-33-18)24-7-6-19(12-25(24)37-2)11-20-5-3-9-36-27(21-13-22(30)26(32)23(31)14-21)29(39-34-28(20)36)8-4-10-38-16-29/h6-7,11-15,17,27H,3-5,8-10,16H2,1-2H3/b20-11+/t27-,29?/m0/s1. The Morgan fingerprint density at radius 1 is 1.13 bits per heavy atom. The Bertz CT molecular complexity index is 1440. The molecule has 3 aromatic rings. The van der Waals surface area contributed by atoms with Crippen LogP contribution in [-0.4, -0.2) is 52.8 Å². The summed E-state index contributed by atoms with van der Waals surface area (Å²) in [4.78, 5) is 12.5. The SMILES string of the molecule is COc1cc(/C=C2\CCCN3C2=NOC2(CCCOC2)[C@@H]3c2cc(F)c(F)c(F)c2)ccc1-n1cnc(C)c1. The smallest absolute Gasteiger partial charge is 0.194 e. The topological polar surface area (TPSA) is 61.1 Å². The molecule has 1 unspecified atom stereocenters. The predicted octanol–water partition coefficient (Wildman–Crippen LogP) is 5.72. The van der Waals surface area contributed by atoms with Crippen LogP contribution in [0.3, 0.4) is 0 Å². The zero-order valence-electron chi connectivity index (χ0n) is 21.8. The van der Waals surface area contributed by atoms with E-state index in [1.54, 1.807) is 13.4 Å². The molecule has 2 saturated heterocycles. The van der Waals surface area contributed by atoms with Gasteiger partial charge in [0.25, 0.3) is 0 Å². The molecule has 7 nitrogen and oxygen atoms in total. The van der Waals surface area contributed by atoms with Crippen molar-refractivity contribution in [1.82, 2.24) is 14.5 Å². The Kier molecular flexibility index (Phi) is 6.58. The Morgan fingerprint density at radius 3 is 2.64 bits per heavy atom. The minimum atomic E-state index is -1.49. The number of aromatic nitrogens is 2. The van der Waals surface area contributed by atoms with Crippen LogP contribution in [0.2, 0.25) is 0 Å². The van der Waals surface area contributed by atoms with Gasteiger partial charge in [-0.05, 0) is 79.6 Å². The number of piperidine rings is 1. The first kappa shape index (κ1) is 25.5. The summed E-state index contributed by atoms with van der Waals surface area (Å²) in [5.41, 5.74) is 2.96. The zero-order valence-corrected chi connectivity index (χ0v) is 21.8. The Labute approximate surface area is 224 Å². The highest BCUT2D eigenvalue weighted by Gasteiger charge is 2.52. The van der Waals surface area contributed by atoms with Gasteiger partial charge in [-0.25, -0.2) is 18.2 Å². The first-order valence-electron chi connectivity index (χ1n) is 13.0. The van der Waals surface area contributed by atoms with Crippen LogP contribution in [0.4, 0.5) is 13.2 Å². The molecule has 0 bridgehead atoms. The molecular formula is C29H29F3N4O3. The van der Waals surface area contributed by atoms with Crippen molar-refractivity contribution in [3.05, 3.63) is 82.7 Å². The van der Waals surface area contributed by atoms with Crippen LogP contribution in [0.15, 0.2) is 53.6 Å². The fourth-order valence-electron chi connectivity index (χ4n) is 5.86. The average Bonchev–Trinajstić information content (AvgIpc) is 3.37. The van der Waals surface area contributed by atoms with E-state index in [4.69, 9.17) is 14.3 Å². The molecule has 2 atom stereocenters. The number of ether oxygens (including phenoxy) is 2. The first-order chi connectivity index (χ1) is 18.9. The second-order valence-corrected chi connectivity index (χ2v) is 10.2. The van der Waals surface area contributed by atoms with Crippen molar-refractivity contribution in [3.63, 3.8) is 0 Å². The predicted molar refractivity (Wildman–Crippen MR) is 139 cm³/mol. The summed E-state index contributed by atoms with van der Waals surface area (Å²) in [5, 5.41) is 4.54. The number of nitrogens with zero attached hydrogens (tertiary/aromatic N) is 4. The normalized spacial score (nSPS) is 23.9. The number of aryl methyl sites for hydroxylation is 1. The zero-order chi connectivity index (χ0) is 27.1. The highest BCUT2D eigenvalue weighted by molar-refractivity contribution is 6.03. The Morgan fingerprint density at radius 2 is 1.95 bits per heavy atom. The lowest BCUT2D eigenvalue weighted by Crippen LogP contribution is -2.58. The molecule has 4 heterocycles. The van der Waals surface area contributed by atoms with Crippen LogP contribution >= 0.6 is 0 Å². The van der Waals surface area contributed by atoms with Gasteiger partial charge in [0, 0.05) is 19.3 Å². The number of rotatable bonds is 4. The lowest BCUT2D eigenvalue weighted by atomic mass is 9.81. The minimum Gasteiger partial charge on any atom is -0.495 e. The molecule has 6 rings (SSSR count). The third-order valence-corrected chi connectivity index (χ3v) is 7.62. The molecule has 39 heavy (non-hydrogen) atoms. The summed E-state index contributed by atoms with van der Waals surface area (Å²) >= 11 is 0. The fraction of sp³-hybridized carbons (Fsp3) is 0.379. The Balaban J connectivity index is 1.39. The van der Waals surface area contributed by atoms with Crippen molar-refractivity contribution in [3.8, 4) is 11.4 Å². The van der Waals surface area contributed by atoms with Gasteiger partial charge in [0.1, 0.15) is 11.8 Å². The second kappa shape index (κ2) is 10.1. The lowest BCUT2D eigenvalue weighted by molar-refractivity contribution is -0.174. The van der Waals surface area contributed by atoms with Crippen LogP contribution in [-0.2, 0) is 9.57 Å². The fourth-order valence-corrected chi connectivity index (χ4v) is 5.86. The number of benzene rings is 2. The third-order valence-electron chi connectivity index (χ3n) is 7.62. The maximum atomic E-state index is 14.4. The van der Waals surface area contributed by atoms with Gasteiger partial charge >= 0.3 is 0 Å². The number of hydrogen-bond donors (Lipinski definition) is 0. The van der Waals surface area contributed by atoms with E-state index in [2.05, 4.69) is 10.1 Å². The number of halogens is 3. The van der Waals surface area contributed by atoms with Crippen LogP contribution in [0, 0.1) is 24.4 Å². The van der Waals surface area contributed by atoms with E-state index in [0.29, 0.717) is 43.1 Å². The number of hydrogen-bond acceptors (Lipinski definition) is 6. The van der Waals surface area contributed by atoms with Gasteiger partial charge in [-0.2, -0.15) is 0 Å². The molecular weight excluding hydrogens is 509 g/mol. The highest BCUT2D eigenvalue weighted by atomic mass is 19.2. The molecule has 204 valence electrons. The van der Waals surface area contributed by atoms with Crippen LogP contribution in [0.5, 0.6) is 5.75 Å². The van der Waals surface area contributed by atoms with E-state index in [0.717, 1.165) is 47.5 Å². The van der Waals surface area contributed by atoms with Crippen LogP contribution < -0.4 is 4.74 Å². The van der Waals surface area contributed by atoms with Crippen molar-refractivity contribution in [2.45, 2.75) is 44.2 Å². The summed E-state index contributed by atoms with van der Waals surface area (Å²) in [5.74, 6) is -2.66. The molecule has 0 aliphatic carbocycles. The van der Waals surface area contributed by atoms with Gasteiger partial charge < -0.3 is 23.8 Å². The number of oxime groups is 1.